The largest absolute Gasteiger partial charge is 0.367 e. The van der Waals surface area contributed by atoms with Crippen molar-refractivity contribution >= 4 is 6.29 Å². The van der Waals surface area contributed by atoms with E-state index in [0.29, 0.717) is 17.9 Å². The number of carbonyl (C=O) groups excluding carboxylic acids is 1. The highest BCUT2D eigenvalue weighted by Crippen LogP contribution is 2.67. The van der Waals surface area contributed by atoms with Crippen LogP contribution >= 0.6 is 0 Å². The molecule has 3 heteroatoms. The van der Waals surface area contributed by atoms with Gasteiger partial charge >= 0.3 is 0 Å². The highest BCUT2D eigenvalue weighted by Gasteiger charge is 2.61. The van der Waals surface area contributed by atoms with Gasteiger partial charge in [-0.05, 0) is 80.0 Å². The topological polar surface area (TPSA) is 46.5 Å². The average Bonchev–Trinajstić information content (AvgIpc) is 3.06. The smallest absolute Gasteiger partial charge is 0.164 e. The standard InChI is InChI=1S/C26H42O3/c1-17(16-27)6-5-7-18(2)21-10-11-22-20-9-8-19-13-15-29-24(28)26(19,4)23(20)12-14-25(21,22)3/h13,16-18,20-24,28H,5-12,14-15H2,1-4H3/t17?,18-,20+,21-,22+,23+,24?,25-,26+/m1/s1. The van der Waals surface area contributed by atoms with E-state index in [1.54, 1.807) is 0 Å². The Labute approximate surface area is 177 Å². The van der Waals surface area contributed by atoms with Crippen molar-refractivity contribution in [2.75, 3.05) is 6.61 Å². The van der Waals surface area contributed by atoms with Gasteiger partial charge in [-0.2, -0.15) is 0 Å². The van der Waals surface area contributed by atoms with Crippen molar-refractivity contribution in [1.29, 1.82) is 0 Å². The Morgan fingerprint density at radius 3 is 2.72 bits per heavy atom. The Bertz CT molecular complexity index is 642. The fraction of sp³-hybridized carbons (Fsp3) is 0.885. The van der Waals surface area contributed by atoms with Crippen LogP contribution in [0.15, 0.2) is 11.6 Å². The minimum atomic E-state index is -0.629. The number of aliphatic hydroxyl groups is 1. The zero-order valence-electron chi connectivity index (χ0n) is 19.0. The van der Waals surface area contributed by atoms with Crippen molar-refractivity contribution < 1.29 is 14.6 Å². The molecule has 1 N–H and O–H groups in total. The van der Waals surface area contributed by atoms with Gasteiger partial charge in [-0.3, -0.25) is 0 Å². The van der Waals surface area contributed by atoms with E-state index in [4.69, 9.17) is 4.74 Å². The van der Waals surface area contributed by atoms with E-state index in [1.807, 2.05) is 6.92 Å². The first kappa shape index (κ1) is 21.6. The number of ether oxygens (including phenoxy) is 1. The van der Waals surface area contributed by atoms with Crippen LogP contribution in [0, 0.1) is 46.3 Å². The summed E-state index contributed by atoms with van der Waals surface area (Å²) in [6, 6.07) is 0. The van der Waals surface area contributed by atoms with Gasteiger partial charge in [-0.25, -0.2) is 0 Å². The van der Waals surface area contributed by atoms with Crippen LogP contribution < -0.4 is 0 Å². The molecule has 3 saturated carbocycles. The van der Waals surface area contributed by atoms with E-state index in [0.717, 1.165) is 42.8 Å². The molecule has 29 heavy (non-hydrogen) atoms. The molecule has 0 aromatic heterocycles. The lowest BCUT2D eigenvalue weighted by atomic mass is 9.47. The predicted molar refractivity (Wildman–Crippen MR) is 116 cm³/mol. The number of fused-ring (bicyclic) bond motifs is 5. The van der Waals surface area contributed by atoms with E-state index >= 15 is 0 Å². The third-order valence-corrected chi connectivity index (χ3v) is 10.1. The molecular weight excluding hydrogens is 360 g/mol. The summed E-state index contributed by atoms with van der Waals surface area (Å²) in [5.74, 6) is 3.88. The second kappa shape index (κ2) is 8.11. The maximum absolute atomic E-state index is 10.9. The molecule has 9 atom stereocenters. The fourth-order valence-electron chi connectivity index (χ4n) is 8.35. The summed E-state index contributed by atoms with van der Waals surface area (Å²) in [4.78, 5) is 10.9. The van der Waals surface area contributed by atoms with Crippen LogP contribution in [0.5, 0.6) is 0 Å². The van der Waals surface area contributed by atoms with Gasteiger partial charge in [0.05, 0.1) is 6.61 Å². The van der Waals surface area contributed by atoms with Crippen LogP contribution in [0.1, 0.15) is 85.5 Å². The highest BCUT2D eigenvalue weighted by molar-refractivity contribution is 5.52. The van der Waals surface area contributed by atoms with Crippen LogP contribution in [0.2, 0.25) is 0 Å². The number of carbonyl (C=O) groups is 1. The minimum absolute atomic E-state index is 0.169. The van der Waals surface area contributed by atoms with E-state index < -0.39 is 6.29 Å². The molecule has 0 bridgehead atoms. The SMILES string of the molecule is CC(C=O)CCC[C@@H](C)[C@H]1CC[C@H]2[C@@H]3CCC4=CCOC(O)[C@]4(C)[C@H]3CC[C@]12C. The Morgan fingerprint density at radius 1 is 1.17 bits per heavy atom. The number of hydrogen-bond acceptors (Lipinski definition) is 3. The van der Waals surface area contributed by atoms with Crippen LogP contribution in [-0.2, 0) is 9.53 Å². The third kappa shape index (κ3) is 3.45. The quantitative estimate of drug-likeness (QED) is 0.454. The van der Waals surface area contributed by atoms with Crippen LogP contribution in [0.4, 0.5) is 0 Å². The molecule has 4 aliphatic rings. The molecule has 3 aliphatic carbocycles. The molecule has 0 aromatic rings. The van der Waals surface area contributed by atoms with Gasteiger partial charge in [0.1, 0.15) is 6.29 Å². The lowest BCUT2D eigenvalue weighted by Crippen LogP contribution is -2.55. The first-order valence-electron chi connectivity index (χ1n) is 12.3. The normalized spacial score (nSPS) is 46.1. The van der Waals surface area contributed by atoms with Crippen LogP contribution in [0.3, 0.4) is 0 Å². The molecule has 0 saturated heterocycles. The molecule has 1 aliphatic heterocycles. The van der Waals surface area contributed by atoms with E-state index in [1.165, 1.54) is 50.5 Å². The molecule has 0 aromatic carbocycles. The minimum Gasteiger partial charge on any atom is -0.367 e. The Morgan fingerprint density at radius 2 is 1.97 bits per heavy atom. The van der Waals surface area contributed by atoms with Crippen molar-refractivity contribution in [3.05, 3.63) is 11.6 Å². The molecule has 4 rings (SSSR count). The second-order valence-corrected chi connectivity index (χ2v) is 11.4. The molecular formula is C26H42O3. The zero-order chi connectivity index (χ0) is 20.8. The monoisotopic (exact) mass is 402 g/mol. The van der Waals surface area contributed by atoms with E-state index in [2.05, 4.69) is 26.8 Å². The molecule has 1 heterocycles. The van der Waals surface area contributed by atoms with Crippen molar-refractivity contribution in [3.8, 4) is 0 Å². The molecule has 3 fully saturated rings. The van der Waals surface area contributed by atoms with Gasteiger partial charge in [-0.15, -0.1) is 0 Å². The van der Waals surface area contributed by atoms with E-state index in [9.17, 15) is 9.90 Å². The molecule has 2 unspecified atom stereocenters. The summed E-state index contributed by atoms with van der Waals surface area (Å²) < 4.78 is 5.72. The summed E-state index contributed by atoms with van der Waals surface area (Å²) in [5, 5.41) is 10.8. The van der Waals surface area contributed by atoms with Crippen molar-refractivity contribution in [3.63, 3.8) is 0 Å². The number of hydrogen-bond donors (Lipinski definition) is 1. The summed E-state index contributed by atoms with van der Waals surface area (Å²) in [6.45, 7) is 9.97. The van der Waals surface area contributed by atoms with Crippen molar-refractivity contribution in [2.45, 2.75) is 91.8 Å². The predicted octanol–water partition coefficient (Wildman–Crippen LogP) is 5.76. The summed E-state index contributed by atoms with van der Waals surface area (Å²) in [5.41, 5.74) is 1.75. The number of aliphatic hydroxyl groups excluding tert-OH is 1. The molecule has 3 nitrogen and oxygen atoms in total. The first-order valence-corrected chi connectivity index (χ1v) is 12.3. The van der Waals surface area contributed by atoms with E-state index in [-0.39, 0.29) is 11.3 Å². The van der Waals surface area contributed by atoms with Gasteiger partial charge in [0.2, 0.25) is 0 Å². The third-order valence-electron chi connectivity index (χ3n) is 10.1. The van der Waals surface area contributed by atoms with Gasteiger partial charge in [0.15, 0.2) is 6.29 Å². The fourth-order valence-corrected chi connectivity index (χ4v) is 8.35. The maximum Gasteiger partial charge on any atom is 0.164 e. The lowest BCUT2D eigenvalue weighted by Gasteiger charge is -2.59. The number of rotatable bonds is 6. The van der Waals surface area contributed by atoms with Gasteiger partial charge in [-0.1, -0.05) is 52.2 Å². The zero-order valence-corrected chi connectivity index (χ0v) is 19.0. The van der Waals surface area contributed by atoms with Gasteiger partial charge in [0, 0.05) is 11.3 Å². The Hall–Kier alpha value is -0.670. The summed E-state index contributed by atoms with van der Waals surface area (Å²) in [6.07, 6.45) is 13.9. The highest BCUT2D eigenvalue weighted by atomic mass is 16.6. The van der Waals surface area contributed by atoms with Crippen LogP contribution in [0.25, 0.3) is 0 Å². The molecule has 0 radical (unpaired) electrons. The van der Waals surface area contributed by atoms with Crippen molar-refractivity contribution in [1.82, 2.24) is 0 Å². The lowest BCUT2D eigenvalue weighted by molar-refractivity contribution is -0.204. The Balaban J connectivity index is 1.48. The molecule has 164 valence electrons. The molecule has 0 amide bonds. The summed E-state index contributed by atoms with van der Waals surface area (Å²) in [7, 11) is 0. The molecule has 0 spiro atoms. The maximum atomic E-state index is 10.9. The summed E-state index contributed by atoms with van der Waals surface area (Å²) >= 11 is 0. The Kier molecular flexibility index (Phi) is 6.03. The second-order valence-electron chi connectivity index (χ2n) is 11.4. The van der Waals surface area contributed by atoms with Crippen molar-refractivity contribution in [2.24, 2.45) is 46.3 Å². The van der Waals surface area contributed by atoms with Gasteiger partial charge in [0.25, 0.3) is 0 Å². The average molecular weight is 403 g/mol. The van der Waals surface area contributed by atoms with Crippen LogP contribution in [-0.4, -0.2) is 24.3 Å². The first-order chi connectivity index (χ1) is 13.8. The van der Waals surface area contributed by atoms with Gasteiger partial charge < -0.3 is 14.6 Å². The number of aldehydes is 1.